The van der Waals surface area contributed by atoms with Crippen LogP contribution in [0.4, 0.5) is 0 Å². The van der Waals surface area contributed by atoms with Crippen LogP contribution >= 0.6 is 0 Å². The van der Waals surface area contributed by atoms with E-state index in [4.69, 9.17) is 5.73 Å². The van der Waals surface area contributed by atoms with Crippen molar-refractivity contribution in [2.45, 2.75) is 45.1 Å². The van der Waals surface area contributed by atoms with Crippen LogP contribution in [0.5, 0.6) is 0 Å². The quantitative estimate of drug-likeness (QED) is 0.882. The van der Waals surface area contributed by atoms with Crippen molar-refractivity contribution in [3.63, 3.8) is 0 Å². The first-order valence-electron chi connectivity index (χ1n) is 7.25. The van der Waals surface area contributed by atoms with Gasteiger partial charge in [0.15, 0.2) is 0 Å². The number of carbonyl (C=O) groups excluding carboxylic acids is 1. The fraction of sp³-hybridized carbons (Fsp3) is 0.562. The summed E-state index contributed by atoms with van der Waals surface area (Å²) in [6.45, 7) is 1.29. The standard InChI is InChI=1S/C16H24N2O/c1-18(16(19)7-4-10-17)12-13-8-9-14-5-2-3-6-15(14)11-13/h8-9,11H,2-7,10,12,17H2,1H3. The third kappa shape index (κ3) is 3.80. The van der Waals surface area contributed by atoms with E-state index in [1.165, 1.54) is 42.4 Å². The summed E-state index contributed by atoms with van der Waals surface area (Å²) in [5.41, 5.74) is 9.65. The molecule has 1 aliphatic rings. The fourth-order valence-corrected chi connectivity index (χ4v) is 2.69. The molecular weight excluding hydrogens is 236 g/mol. The topological polar surface area (TPSA) is 46.3 Å². The summed E-state index contributed by atoms with van der Waals surface area (Å²) in [5.74, 6) is 0.183. The highest BCUT2D eigenvalue weighted by molar-refractivity contribution is 5.75. The second-order valence-corrected chi connectivity index (χ2v) is 5.45. The predicted octanol–water partition coefficient (Wildman–Crippen LogP) is 2.26. The van der Waals surface area contributed by atoms with E-state index in [-0.39, 0.29) is 5.91 Å². The van der Waals surface area contributed by atoms with E-state index in [0.717, 1.165) is 6.42 Å². The molecule has 1 aliphatic carbocycles. The molecule has 0 unspecified atom stereocenters. The first kappa shape index (κ1) is 14.1. The van der Waals surface area contributed by atoms with Crippen molar-refractivity contribution in [3.8, 4) is 0 Å². The minimum Gasteiger partial charge on any atom is -0.341 e. The monoisotopic (exact) mass is 260 g/mol. The summed E-state index contributed by atoms with van der Waals surface area (Å²) >= 11 is 0. The number of nitrogens with zero attached hydrogens (tertiary/aromatic N) is 1. The number of nitrogens with two attached hydrogens (primary N) is 1. The van der Waals surface area contributed by atoms with E-state index in [2.05, 4.69) is 18.2 Å². The molecule has 1 aromatic rings. The van der Waals surface area contributed by atoms with Gasteiger partial charge < -0.3 is 10.6 Å². The molecule has 3 heteroatoms. The number of rotatable bonds is 5. The zero-order valence-electron chi connectivity index (χ0n) is 11.8. The second-order valence-electron chi connectivity index (χ2n) is 5.45. The molecule has 0 aliphatic heterocycles. The lowest BCUT2D eigenvalue weighted by Gasteiger charge is -2.20. The van der Waals surface area contributed by atoms with Crippen LogP contribution < -0.4 is 5.73 Å². The van der Waals surface area contributed by atoms with Gasteiger partial charge >= 0.3 is 0 Å². The molecule has 0 radical (unpaired) electrons. The maximum Gasteiger partial charge on any atom is 0.222 e. The van der Waals surface area contributed by atoms with Crippen LogP contribution in [0.1, 0.15) is 42.4 Å². The first-order chi connectivity index (χ1) is 9.20. The van der Waals surface area contributed by atoms with E-state index >= 15 is 0 Å². The van der Waals surface area contributed by atoms with E-state index < -0.39 is 0 Å². The van der Waals surface area contributed by atoms with Crippen molar-refractivity contribution >= 4 is 5.91 Å². The zero-order valence-corrected chi connectivity index (χ0v) is 11.8. The largest absolute Gasteiger partial charge is 0.341 e. The lowest BCUT2D eigenvalue weighted by molar-refractivity contribution is -0.130. The summed E-state index contributed by atoms with van der Waals surface area (Å²) < 4.78 is 0. The van der Waals surface area contributed by atoms with Gasteiger partial charge in [-0.15, -0.1) is 0 Å². The molecule has 0 heterocycles. The van der Waals surface area contributed by atoms with Crippen LogP contribution in [0, 0.1) is 0 Å². The van der Waals surface area contributed by atoms with Gasteiger partial charge in [-0.2, -0.15) is 0 Å². The first-order valence-corrected chi connectivity index (χ1v) is 7.25. The van der Waals surface area contributed by atoms with E-state index in [9.17, 15) is 4.79 Å². The molecule has 104 valence electrons. The normalized spacial score (nSPS) is 14.0. The van der Waals surface area contributed by atoms with E-state index in [0.29, 0.717) is 19.5 Å². The minimum atomic E-state index is 0.183. The molecule has 1 amide bonds. The molecule has 0 atom stereocenters. The summed E-state index contributed by atoms with van der Waals surface area (Å²) in [7, 11) is 1.87. The zero-order chi connectivity index (χ0) is 13.7. The number of hydrogen-bond acceptors (Lipinski definition) is 2. The van der Waals surface area contributed by atoms with Gasteiger partial charge in [-0.3, -0.25) is 4.79 Å². The van der Waals surface area contributed by atoms with E-state index in [1.807, 2.05) is 7.05 Å². The summed E-state index contributed by atoms with van der Waals surface area (Å²) in [6.07, 6.45) is 6.33. The Labute approximate surface area is 115 Å². The molecular formula is C16H24N2O. The smallest absolute Gasteiger partial charge is 0.222 e. The average molecular weight is 260 g/mol. The Balaban J connectivity index is 1.97. The van der Waals surface area contributed by atoms with Crippen LogP contribution in [0.25, 0.3) is 0 Å². The van der Waals surface area contributed by atoms with Gasteiger partial charge in [0.25, 0.3) is 0 Å². The maximum atomic E-state index is 11.9. The molecule has 0 fully saturated rings. The molecule has 3 nitrogen and oxygen atoms in total. The van der Waals surface area contributed by atoms with Crippen LogP contribution in [-0.4, -0.2) is 24.4 Å². The molecule has 1 aromatic carbocycles. The Morgan fingerprint density at radius 1 is 1.26 bits per heavy atom. The Hall–Kier alpha value is -1.35. The number of hydrogen-bond donors (Lipinski definition) is 1. The molecule has 0 spiro atoms. The Bertz CT molecular complexity index is 442. The summed E-state index contributed by atoms with van der Waals surface area (Å²) in [4.78, 5) is 13.7. The number of benzene rings is 1. The highest BCUT2D eigenvalue weighted by Crippen LogP contribution is 2.22. The van der Waals surface area contributed by atoms with Gasteiger partial charge in [0.1, 0.15) is 0 Å². The van der Waals surface area contributed by atoms with Gasteiger partial charge in [-0.05, 0) is 55.3 Å². The Morgan fingerprint density at radius 3 is 2.74 bits per heavy atom. The van der Waals surface area contributed by atoms with Gasteiger partial charge in [-0.1, -0.05) is 18.2 Å². The highest BCUT2D eigenvalue weighted by Gasteiger charge is 2.12. The van der Waals surface area contributed by atoms with Crippen LogP contribution in [0.2, 0.25) is 0 Å². The van der Waals surface area contributed by atoms with Crippen molar-refractivity contribution in [2.24, 2.45) is 5.73 Å². The van der Waals surface area contributed by atoms with Crippen molar-refractivity contribution in [1.29, 1.82) is 0 Å². The lowest BCUT2D eigenvalue weighted by atomic mass is 9.90. The molecule has 0 saturated heterocycles. The third-order valence-corrected chi connectivity index (χ3v) is 3.85. The Kier molecular flexibility index (Phi) is 4.97. The predicted molar refractivity (Wildman–Crippen MR) is 77.8 cm³/mol. The van der Waals surface area contributed by atoms with Crippen molar-refractivity contribution in [3.05, 3.63) is 34.9 Å². The van der Waals surface area contributed by atoms with Crippen molar-refractivity contribution in [1.82, 2.24) is 4.90 Å². The van der Waals surface area contributed by atoms with Crippen LogP contribution in [-0.2, 0) is 24.2 Å². The van der Waals surface area contributed by atoms with Gasteiger partial charge in [0.05, 0.1) is 0 Å². The Morgan fingerprint density at radius 2 is 2.00 bits per heavy atom. The molecule has 0 saturated carbocycles. The van der Waals surface area contributed by atoms with Crippen molar-refractivity contribution < 1.29 is 4.79 Å². The SMILES string of the molecule is CN(Cc1ccc2c(c1)CCCC2)C(=O)CCCN. The molecule has 0 aromatic heterocycles. The van der Waals surface area contributed by atoms with Crippen LogP contribution in [0.15, 0.2) is 18.2 Å². The van der Waals surface area contributed by atoms with Crippen LogP contribution in [0.3, 0.4) is 0 Å². The minimum absolute atomic E-state index is 0.183. The summed E-state index contributed by atoms with van der Waals surface area (Å²) in [6, 6.07) is 6.68. The molecule has 2 rings (SSSR count). The van der Waals surface area contributed by atoms with Crippen molar-refractivity contribution in [2.75, 3.05) is 13.6 Å². The number of amides is 1. The van der Waals surface area contributed by atoms with Gasteiger partial charge in [-0.25, -0.2) is 0 Å². The number of aryl methyl sites for hydroxylation is 2. The van der Waals surface area contributed by atoms with E-state index in [1.54, 1.807) is 4.90 Å². The third-order valence-electron chi connectivity index (χ3n) is 3.85. The average Bonchev–Trinajstić information content (AvgIpc) is 2.44. The summed E-state index contributed by atoms with van der Waals surface area (Å²) in [5, 5.41) is 0. The van der Waals surface area contributed by atoms with Gasteiger partial charge in [0, 0.05) is 20.0 Å². The molecule has 0 bridgehead atoms. The lowest BCUT2D eigenvalue weighted by Crippen LogP contribution is -2.26. The molecule has 19 heavy (non-hydrogen) atoms. The second kappa shape index (κ2) is 6.71. The number of carbonyl (C=O) groups is 1. The fourth-order valence-electron chi connectivity index (χ4n) is 2.69. The highest BCUT2D eigenvalue weighted by atomic mass is 16.2. The number of fused-ring (bicyclic) bond motifs is 1. The van der Waals surface area contributed by atoms with Gasteiger partial charge in [0.2, 0.25) is 5.91 Å². The maximum absolute atomic E-state index is 11.9. The molecule has 2 N–H and O–H groups in total.